The van der Waals surface area contributed by atoms with Crippen LogP contribution in [-0.4, -0.2) is 23.8 Å². The van der Waals surface area contributed by atoms with Crippen LogP contribution in [0.3, 0.4) is 0 Å². The van der Waals surface area contributed by atoms with Crippen molar-refractivity contribution in [3.05, 3.63) is 29.8 Å². The van der Waals surface area contributed by atoms with Crippen molar-refractivity contribution in [2.24, 2.45) is 0 Å². The molecule has 3 heteroatoms. The number of hydrogen-bond donors (Lipinski definition) is 2. The lowest BCUT2D eigenvalue weighted by Gasteiger charge is -2.27. The molecule has 108 valence electrons. The predicted molar refractivity (Wildman–Crippen MR) is 79.6 cm³/mol. The van der Waals surface area contributed by atoms with E-state index in [1.54, 1.807) is 0 Å². The van der Waals surface area contributed by atoms with E-state index in [0.717, 1.165) is 17.9 Å². The van der Waals surface area contributed by atoms with Gasteiger partial charge in [-0.25, -0.2) is 0 Å². The maximum atomic E-state index is 10.5. The number of aliphatic hydroxyl groups is 1. The van der Waals surface area contributed by atoms with Crippen molar-refractivity contribution in [3.8, 4) is 5.75 Å². The minimum atomic E-state index is -0.816. The summed E-state index contributed by atoms with van der Waals surface area (Å²) in [5.41, 5.74) is 0.185. The standard InChI is InChI=1S/C16H27NO2/c1-6-19-14-9-7-13(8-10-14)16(5,18)11-12-17-15(2,3)4/h7-10,17-18H,6,11-12H2,1-5H3. The highest BCUT2D eigenvalue weighted by Crippen LogP contribution is 2.26. The molecule has 0 amide bonds. The van der Waals surface area contributed by atoms with Crippen LogP contribution in [-0.2, 0) is 5.60 Å². The molecule has 1 aromatic carbocycles. The molecule has 0 saturated carbocycles. The van der Waals surface area contributed by atoms with E-state index in [9.17, 15) is 5.11 Å². The van der Waals surface area contributed by atoms with Gasteiger partial charge in [-0.15, -0.1) is 0 Å². The van der Waals surface area contributed by atoms with Gasteiger partial charge in [-0.1, -0.05) is 12.1 Å². The minimum absolute atomic E-state index is 0.0783. The van der Waals surface area contributed by atoms with E-state index in [2.05, 4.69) is 26.1 Å². The Morgan fingerprint density at radius 2 is 1.68 bits per heavy atom. The summed E-state index contributed by atoms with van der Waals surface area (Å²) in [5.74, 6) is 0.842. The van der Waals surface area contributed by atoms with Gasteiger partial charge >= 0.3 is 0 Å². The Bertz CT molecular complexity index is 377. The zero-order valence-electron chi connectivity index (χ0n) is 12.8. The van der Waals surface area contributed by atoms with Gasteiger partial charge in [-0.05, 0) is 65.3 Å². The summed E-state index contributed by atoms with van der Waals surface area (Å²) in [4.78, 5) is 0. The highest BCUT2D eigenvalue weighted by Gasteiger charge is 2.23. The normalized spacial score (nSPS) is 15.1. The first-order valence-electron chi connectivity index (χ1n) is 6.95. The molecule has 3 nitrogen and oxygen atoms in total. The predicted octanol–water partition coefficient (Wildman–Crippen LogP) is 3.07. The summed E-state index contributed by atoms with van der Waals surface area (Å²) in [6.45, 7) is 11.6. The van der Waals surface area contributed by atoms with E-state index >= 15 is 0 Å². The van der Waals surface area contributed by atoms with Crippen molar-refractivity contribution in [3.63, 3.8) is 0 Å². The fourth-order valence-corrected chi connectivity index (χ4v) is 1.90. The molecule has 0 aliphatic carbocycles. The lowest BCUT2D eigenvalue weighted by molar-refractivity contribution is 0.0463. The van der Waals surface area contributed by atoms with Crippen molar-refractivity contribution in [1.29, 1.82) is 0 Å². The Hall–Kier alpha value is -1.06. The van der Waals surface area contributed by atoms with E-state index in [1.807, 2.05) is 38.1 Å². The van der Waals surface area contributed by atoms with E-state index in [1.165, 1.54) is 0 Å². The third kappa shape index (κ3) is 5.62. The van der Waals surface area contributed by atoms with E-state index in [-0.39, 0.29) is 5.54 Å². The van der Waals surface area contributed by atoms with Crippen molar-refractivity contribution < 1.29 is 9.84 Å². The Kier molecular flexibility index (Phi) is 5.39. The fourth-order valence-electron chi connectivity index (χ4n) is 1.90. The molecule has 0 aliphatic rings. The van der Waals surface area contributed by atoms with Gasteiger partial charge in [0.1, 0.15) is 5.75 Å². The summed E-state index contributed by atoms with van der Waals surface area (Å²) < 4.78 is 5.41. The van der Waals surface area contributed by atoms with Gasteiger partial charge < -0.3 is 15.2 Å². The summed E-state index contributed by atoms with van der Waals surface area (Å²) in [5, 5.41) is 13.9. The van der Waals surface area contributed by atoms with Gasteiger partial charge in [0, 0.05) is 5.54 Å². The Morgan fingerprint density at radius 1 is 1.11 bits per heavy atom. The number of ether oxygens (including phenoxy) is 1. The average molecular weight is 265 g/mol. The molecule has 2 N–H and O–H groups in total. The maximum Gasteiger partial charge on any atom is 0.119 e. The molecule has 1 atom stereocenters. The zero-order chi connectivity index (χ0) is 14.5. The van der Waals surface area contributed by atoms with Gasteiger partial charge in [0.05, 0.1) is 12.2 Å². The first-order chi connectivity index (χ1) is 8.74. The lowest BCUT2D eigenvalue weighted by Crippen LogP contribution is -2.39. The second kappa shape index (κ2) is 6.40. The van der Waals surface area contributed by atoms with Crippen molar-refractivity contribution in [2.45, 2.75) is 52.2 Å². The number of hydrogen-bond acceptors (Lipinski definition) is 3. The van der Waals surface area contributed by atoms with E-state index in [0.29, 0.717) is 13.0 Å². The molecule has 1 rings (SSSR count). The van der Waals surface area contributed by atoms with Crippen LogP contribution in [0.5, 0.6) is 5.75 Å². The van der Waals surface area contributed by atoms with Crippen LogP contribution in [0.4, 0.5) is 0 Å². The molecular weight excluding hydrogens is 238 g/mol. The summed E-state index contributed by atoms with van der Waals surface area (Å²) >= 11 is 0. The summed E-state index contributed by atoms with van der Waals surface area (Å²) in [6, 6.07) is 7.68. The summed E-state index contributed by atoms with van der Waals surface area (Å²) in [7, 11) is 0. The average Bonchev–Trinajstić information content (AvgIpc) is 2.28. The highest BCUT2D eigenvalue weighted by molar-refractivity contribution is 5.30. The molecule has 0 radical (unpaired) electrons. The molecule has 0 saturated heterocycles. The summed E-state index contributed by atoms with van der Waals surface area (Å²) in [6.07, 6.45) is 0.679. The van der Waals surface area contributed by atoms with Crippen molar-refractivity contribution >= 4 is 0 Å². The lowest BCUT2D eigenvalue weighted by atomic mass is 9.92. The second-order valence-corrected chi connectivity index (χ2v) is 6.16. The van der Waals surface area contributed by atoms with Gasteiger partial charge in [0.2, 0.25) is 0 Å². The molecule has 0 spiro atoms. The maximum absolute atomic E-state index is 10.5. The third-order valence-electron chi connectivity index (χ3n) is 3.05. The van der Waals surface area contributed by atoms with Crippen LogP contribution in [0.2, 0.25) is 0 Å². The minimum Gasteiger partial charge on any atom is -0.494 e. The van der Waals surface area contributed by atoms with Crippen LogP contribution >= 0.6 is 0 Å². The topological polar surface area (TPSA) is 41.5 Å². The largest absolute Gasteiger partial charge is 0.494 e. The van der Waals surface area contributed by atoms with Gasteiger partial charge in [-0.2, -0.15) is 0 Å². The van der Waals surface area contributed by atoms with E-state index in [4.69, 9.17) is 4.74 Å². The third-order valence-corrected chi connectivity index (χ3v) is 3.05. The molecule has 1 unspecified atom stereocenters. The van der Waals surface area contributed by atoms with Crippen LogP contribution in [0.25, 0.3) is 0 Å². The Labute approximate surface area is 117 Å². The van der Waals surface area contributed by atoms with Crippen LogP contribution in [0.1, 0.15) is 46.6 Å². The zero-order valence-corrected chi connectivity index (χ0v) is 12.8. The number of rotatable bonds is 6. The van der Waals surface area contributed by atoms with Gasteiger partial charge in [0.25, 0.3) is 0 Å². The molecule has 0 aromatic heterocycles. The first-order valence-corrected chi connectivity index (χ1v) is 6.95. The monoisotopic (exact) mass is 265 g/mol. The SMILES string of the molecule is CCOc1ccc(C(C)(O)CCNC(C)(C)C)cc1. The molecular formula is C16H27NO2. The van der Waals surface area contributed by atoms with Crippen molar-refractivity contribution in [2.75, 3.05) is 13.2 Å². The Morgan fingerprint density at radius 3 is 2.16 bits per heavy atom. The van der Waals surface area contributed by atoms with E-state index < -0.39 is 5.60 Å². The first kappa shape index (κ1) is 16.0. The molecule has 0 fully saturated rings. The van der Waals surface area contributed by atoms with Gasteiger partial charge in [-0.3, -0.25) is 0 Å². The molecule has 19 heavy (non-hydrogen) atoms. The van der Waals surface area contributed by atoms with Crippen LogP contribution < -0.4 is 10.1 Å². The Balaban J connectivity index is 2.60. The van der Waals surface area contributed by atoms with Gasteiger partial charge in [0.15, 0.2) is 0 Å². The number of benzene rings is 1. The smallest absolute Gasteiger partial charge is 0.119 e. The quantitative estimate of drug-likeness (QED) is 0.830. The van der Waals surface area contributed by atoms with Crippen LogP contribution in [0, 0.1) is 0 Å². The van der Waals surface area contributed by atoms with Crippen LogP contribution in [0.15, 0.2) is 24.3 Å². The van der Waals surface area contributed by atoms with Crippen molar-refractivity contribution in [1.82, 2.24) is 5.32 Å². The molecule has 1 aromatic rings. The highest BCUT2D eigenvalue weighted by atomic mass is 16.5. The second-order valence-electron chi connectivity index (χ2n) is 6.16. The number of nitrogens with one attached hydrogen (secondary N) is 1. The molecule has 0 heterocycles. The fraction of sp³-hybridized carbons (Fsp3) is 0.625. The molecule has 0 aliphatic heterocycles. The molecule has 0 bridgehead atoms.